The van der Waals surface area contributed by atoms with Crippen molar-refractivity contribution in [1.82, 2.24) is 4.98 Å². The maximum absolute atomic E-state index is 11.4. The molecular weight excluding hydrogens is 248 g/mol. The minimum absolute atomic E-state index is 0.252. The van der Waals surface area contributed by atoms with Gasteiger partial charge < -0.3 is 4.90 Å². The van der Waals surface area contributed by atoms with Crippen LogP contribution in [0.2, 0.25) is 0 Å². The highest BCUT2D eigenvalue weighted by molar-refractivity contribution is 7.90. The minimum Gasteiger partial charge on any atom is -0.371 e. The molecule has 5 heteroatoms. The first-order valence-corrected chi connectivity index (χ1v) is 8.35. The van der Waals surface area contributed by atoms with E-state index in [1.807, 2.05) is 19.2 Å². The van der Waals surface area contributed by atoms with Crippen molar-refractivity contribution in [3.05, 3.63) is 24.0 Å². The van der Waals surface area contributed by atoms with E-state index in [1.54, 1.807) is 0 Å². The summed E-state index contributed by atoms with van der Waals surface area (Å²) >= 11 is 0. The first-order chi connectivity index (χ1) is 8.44. The van der Waals surface area contributed by atoms with E-state index in [0.717, 1.165) is 37.3 Å². The lowest BCUT2D eigenvalue weighted by molar-refractivity contribution is 0.444. The Morgan fingerprint density at radius 3 is 2.94 bits per heavy atom. The van der Waals surface area contributed by atoms with Crippen LogP contribution in [0.15, 0.2) is 18.3 Å². The van der Waals surface area contributed by atoms with Gasteiger partial charge in [0.1, 0.15) is 9.84 Å². The van der Waals surface area contributed by atoms with Gasteiger partial charge in [-0.2, -0.15) is 0 Å². The fraction of sp³-hybridized carbons (Fsp3) is 0.615. The van der Waals surface area contributed by atoms with Crippen LogP contribution in [0, 0.1) is 12.8 Å². The molecule has 0 N–H and O–H groups in total. The van der Waals surface area contributed by atoms with Crippen molar-refractivity contribution in [1.29, 1.82) is 0 Å². The molecule has 1 unspecified atom stereocenters. The van der Waals surface area contributed by atoms with Gasteiger partial charge in [0, 0.05) is 36.9 Å². The molecule has 18 heavy (non-hydrogen) atoms. The van der Waals surface area contributed by atoms with E-state index in [0.29, 0.717) is 5.75 Å². The molecule has 0 spiro atoms. The molecule has 1 aromatic rings. The molecule has 100 valence electrons. The largest absolute Gasteiger partial charge is 0.371 e. The number of hydrogen-bond acceptors (Lipinski definition) is 4. The van der Waals surface area contributed by atoms with E-state index in [4.69, 9.17) is 0 Å². The van der Waals surface area contributed by atoms with Gasteiger partial charge >= 0.3 is 0 Å². The third-order valence-electron chi connectivity index (χ3n) is 3.30. The van der Waals surface area contributed by atoms with Crippen LogP contribution in [0.4, 0.5) is 5.69 Å². The van der Waals surface area contributed by atoms with E-state index in [2.05, 4.69) is 16.0 Å². The summed E-state index contributed by atoms with van der Waals surface area (Å²) in [6.45, 7) is 3.81. The molecule has 2 rings (SSSR count). The molecule has 0 radical (unpaired) electrons. The Morgan fingerprint density at radius 1 is 1.50 bits per heavy atom. The molecule has 1 aliphatic heterocycles. The van der Waals surface area contributed by atoms with Crippen LogP contribution in [0.25, 0.3) is 0 Å². The van der Waals surface area contributed by atoms with Gasteiger partial charge in [0.2, 0.25) is 0 Å². The third-order valence-corrected chi connectivity index (χ3v) is 4.38. The monoisotopic (exact) mass is 268 g/mol. The maximum Gasteiger partial charge on any atom is 0.147 e. The molecule has 0 aliphatic carbocycles. The fourth-order valence-electron chi connectivity index (χ4n) is 2.59. The van der Waals surface area contributed by atoms with Crippen LogP contribution in [0.5, 0.6) is 0 Å². The molecule has 0 saturated carbocycles. The third kappa shape index (κ3) is 3.70. The lowest BCUT2D eigenvalue weighted by atomic mass is 9.99. The molecule has 1 aromatic heterocycles. The number of pyridine rings is 1. The van der Waals surface area contributed by atoms with Crippen molar-refractivity contribution >= 4 is 15.5 Å². The van der Waals surface area contributed by atoms with Crippen molar-refractivity contribution in [3.63, 3.8) is 0 Å². The van der Waals surface area contributed by atoms with Gasteiger partial charge in [0.25, 0.3) is 0 Å². The topological polar surface area (TPSA) is 50.3 Å². The molecule has 1 saturated heterocycles. The SMILES string of the molecule is Cc1cc(N2CCCC(CS(C)(=O)=O)C2)ccn1. The van der Waals surface area contributed by atoms with Crippen molar-refractivity contribution in [3.8, 4) is 0 Å². The molecule has 1 atom stereocenters. The molecule has 4 nitrogen and oxygen atoms in total. The van der Waals surface area contributed by atoms with Crippen molar-refractivity contribution < 1.29 is 8.42 Å². The number of nitrogens with zero attached hydrogens (tertiary/aromatic N) is 2. The second-order valence-electron chi connectivity index (χ2n) is 5.20. The number of hydrogen-bond donors (Lipinski definition) is 0. The number of anilines is 1. The van der Waals surface area contributed by atoms with Gasteiger partial charge in [-0.25, -0.2) is 8.42 Å². The van der Waals surface area contributed by atoms with E-state index in [1.165, 1.54) is 6.26 Å². The zero-order chi connectivity index (χ0) is 13.2. The summed E-state index contributed by atoms with van der Waals surface area (Å²) in [6.07, 6.45) is 5.20. The number of rotatable bonds is 3. The second-order valence-corrected chi connectivity index (χ2v) is 7.39. The van der Waals surface area contributed by atoms with Crippen molar-refractivity contribution in [2.75, 3.05) is 30.0 Å². The summed E-state index contributed by atoms with van der Waals surface area (Å²) in [6, 6.07) is 4.05. The van der Waals surface area contributed by atoms with Crippen LogP contribution in [-0.2, 0) is 9.84 Å². The lowest BCUT2D eigenvalue weighted by Crippen LogP contribution is -2.38. The highest BCUT2D eigenvalue weighted by Crippen LogP contribution is 2.24. The first-order valence-electron chi connectivity index (χ1n) is 6.29. The summed E-state index contributed by atoms with van der Waals surface area (Å²) in [5.74, 6) is 0.551. The van der Waals surface area contributed by atoms with Gasteiger partial charge in [0.05, 0.1) is 5.75 Å². The smallest absolute Gasteiger partial charge is 0.147 e. The highest BCUT2D eigenvalue weighted by Gasteiger charge is 2.23. The Hall–Kier alpha value is -1.10. The summed E-state index contributed by atoms with van der Waals surface area (Å²) in [4.78, 5) is 6.46. The van der Waals surface area contributed by atoms with Crippen LogP contribution < -0.4 is 4.90 Å². The van der Waals surface area contributed by atoms with Gasteiger partial charge in [-0.1, -0.05) is 0 Å². The summed E-state index contributed by atoms with van der Waals surface area (Å²) in [5, 5.41) is 0. The predicted molar refractivity (Wildman–Crippen MR) is 73.6 cm³/mol. The molecule has 1 fully saturated rings. The number of piperidine rings is 1. The zero-order valence-electron chi connectivity index (χ0n) is 11.0. The average molecular weight is 268 g/mol. The number of sulfone groups is 1. The normalized spacial score (nSPS) is 21.0. The number of aromatic nitrogens is 1. The zero-order valence-corrected chi connectivity index (χ0v) is 11.8. The summed E-state index contributed by atoms with van der Waals surface area (Å²) < 4.78 is 22.7. The van der Waals surface area contributed by atoms with E-state index >= 15 is 0 Å². The van der Waals surface area contributed by atoms with Crippen molar-refractivity contribution in [2.24, 2.45) is 5.92 Å². The van der Waals surface area contributed by atoms with Crippen LogP contribution in [0.3, 0.4) is 0 Å². The van der Waals surface area contributed by atoms with Crippen LogP contribution >= 0.6 is 0 Å². The minimum atomic E-state index is -2.88. The van der Waals surface area contributed by atoms with E-state index in [-0.39, 0.29) is 5.92 Å². The standard InChI is InChI=1S/C13H20N2O2S/c1-11-8-13(5-6-14-11)15-7-3-4-12(9-15)10-18(2,16)17/h5-6,8,12H,3-4,7,9-10H2,1-2H3. The van der Waals surface area contributed by atoms with Crippen LogP contribution in [0.1, 0.15) is 18.5 Å². The van der Waals surface area contributed by atoms with E-state index < -0.39 is 9.84 Å². The predicted octanol–water partition coefficient (Wildman–Crippen LogP) is 1.65. The Balaban J connectivity index is 2.07. The van der Waals surface area contributed by atoms with Crippen molar-refractivity contribution in [2.45, 2.75) is 19.8 Å². The Labute approximate surface area is 109 Å². The molecule has 0 aromatic carbocycles. The van der Waals surface area contributed by atoms with Crippen LogP contribution in [-0.4, -0.2) is 38.5 Å². The quantitative estimate of drug-likeness (QED) is 0.836. The first kappa shape index (κ1) is 13.3. The molecule has 0 amide bonds. The second kappa shape index (κ2) is 5.26. The maximum atomic E-state index is 11.4. The lowest BCUT2D eigenvalue weighted by Gasteiger charge is -2.34. The van der Waals surface area contributed by atoms with Gasteiger partial charge in [-0.15, -0.1) is 0 Å². The summed E-state index contributed by atoms with van der Waals surface area (Å²) in [5.41, 5.74) is 2.15. The molecular formula is C13H20N2O2S. The Morgan fingerprint density at radius 2 is 2.28 bits per heavy atom. The Kier molecular flexibility index (Phi) is 3.90. The summed E-state index contributed by atoms with van der Waals surface area (Å²) in [7, 11) is -2.88. The molecule has 2 heterocycles. The molecule has 0 bridgehead atoms. The van der Waals surface area contributed by atoms with Gasteiger partial charge in [-0.05, 0) is 37.8 Å². The number of aryl methyl sites for hydroxylation is 1. The average Bonchev–Trinajstić information content (AvgIpc) is 2.27. The molecule has 1 aliphatic rings. The van der Waals surface area contributed by atoms with Gasteiger partial charge in [-0.3, -0.25) is 4.98 Å². The Bertz CT molecular complexity index is 513. The van der Waals surface area contributed by atoms with Gasteiger partial charge in [0.15, 0.2) is 0 Å². The van der Waals surface area contributed by atoms with E-state index in [9.17, 15) is 8.42 Å². The highest BCUT2D eigenvalue weighted by atomic mass is 32.2. The fourth-order valence-corrected chi connectivity index (χ4v) is 3.72.